The number of hydrogen-bond acceptors (Lipinski definition) is 7. The third-order valence-corrected chi connectivity index (χ3v) is 5.87. The van der Waals surface area contributed by atoms with Crippen LogP contribution in [-0.4, -0.2) is 66.5 Å². The van der Waals surface area contributed by atoms with E-state index in [0.717, 1.165) is 48.3 Å². The highest BCUT2D eigenvalue weighted by molar-refractivity contribution is 5.91. The first-order valence-electron chi connectivity index (χ1n) is 10.2. The third-order valence-electron chi connectivity index (χ3n) is 5.87. The van der Waals surface area contributed by atoms with Gasteiger partial charge in [0, 0.05) is 49.2 Å². The van der Waals surface area contributed by atoms with Gasteiger partial charge in [-0.2, -0.15) is 0 Å². The fraction of sp³-hybridized carbons (Fsp3) is 0.348. The van der Waals surface area contributed by atoms with Crippen molar-refractivity contribution in [3.8, 4) is 17.0 Å². The molecular formula is C23H28N6O. The molecule has 2 aromatic heterocycles. The quantitative estimate of drug-likeness (QED) is 0.513. The first-order valence-corrected chi connectivity index (χ1v) is 10.2. The lowest BCUT2D eigenvalue weighted by Crippen LogP contribution is -2.42. The van der Waals surface area contributed by atoms with Gasteiger partial charge in [-0.3, -0.25) is 4.99 Å². The van der Waals surface area contributed by atoms with Crippen LogP contribution in [-0.2, 0) is 0 Å². The lowest BCUT2D eigenvalue weighted by molar-refractivity contribution is 0.252. The number of pyridine rings is 2. The molecule has 1 aliphatic rings. The lowest BCUT2D eigenvalue weighted by Gasteiger charge is -2.35. The molecule has 1 fully saturated rings. The Labute approximate surface area is 176 Å². The summed E-state index contributed by atoms with van der Waals surface area (Å²) in [6.45, 7) is 2.23. The second-order valence-electron chi connectivity index (χ2n) is 7.94. The molecule has 1 saturated heterocycles. The number of aromatic nitrogens is 2. The van der Waals surface area contributed by atoms with Crippen LogP contribution < -0.4 is 10.6 Å². The third kappa shape index (κ3) is 3.93. The predicted molar refractivity (Wildman–Crippen MR) is 123 cm³/mol. The molecule has 0 saturated carbocycles. The molecule has 1 aromatic carbocycles. The van der Waals surface area contributed by atoms with Crippen molar-refractivity contribution in [3.63, 3.8) is 0 Å². The monoisotopic (exact) mass is 404 g/mol. The van der Waals surface area contributed by atoms with Gasteiger partial charge in [0.25, 0.3) is 0 Å². The lowest BCUT2D eigenvalue weighted by atomic mass is 10.0. The SMILES string of the molecule is CN=Cc1cc(-c2ccc3nc(N(C)C4CCN(C)CC4)ccc3n2)c(O)cc1N. The van der Waals surface area contributed by atoms with Crippen LogP contribution in [0.15, 0.2) is 41.4 Å². The summed E-state index contributed by atoms with van der Waals surface area (Å²) in [7, 11) is 5.98. The van der Waals surface area contributed by atoms with Gasteiger partial charge in [0.1, 0.15) is 11.6 Å². The number of phenols is 1. The van der Waals surface area contributed by atoms with Crippen LogP contribution in [0.1, 0.15) is 18.4 Å². The van der Waals surface area contributed by atoms with Gasteiger partial charge in [-0.15, -0.1) is 0 Å². The van der Waals surface area contributed by atoms with Crippen LogP contribution >= 0.6 is 0 Å². The van der Waals surface area contributed by atoms with E-state index in [1.165, 1.54) is 6.07 Å². The highest BCUT2D eigenvalue weighted by Crippen LogP contribution is 2.33. The highest BCUT2D eigenvalue weighted by atomic mass is 16.3. The molecule has 3 N–H and O–H groups in total. The maximum Gasteiger partial charge on any atom is 0.129 e. The Kier molecular flexibility index (Phi) is 5.55. The number of likely N-dealkylation sites (tertiary alicyclic amines) is 1. The van der Waals surface area contributed by atoms with E-state index < -0.39 is 0 Å². The molecule has 0 atom stereocenters. The van der Waals surface area contributed by atoms with Gasteiger partial charge in [-0.1, -0.05) is 0 Å². The first kappa shape index (κ1) is 20.1. The Morgan fingerprint density at radius 2 is 1.83 bits per heavy atom. The van der Waals surface area contributed by atoms with Gasteiger partial charge in [-0.05, 0) is 63.3 Å². The van der Waals surface area contributed by atoms with Gasteiger partial charge >= 0.3 is 0 Å². The molecule has 30 heavy (non-hydrogen) atoms. The van der Waals surface area contributed by atoms with E-state index in [-0.39, 0.29) is 5.75 Å². The van der Waals surface area contributed by atoms with Gasteiger partial charge in [0.15, 0.2) is 0 Å². The molecule has 0 aliphatic carbocycles. The number of anilines is 2. The normalized spacial score (nSPS) is 15.8. The molecule has 1 aliphatic heterocycles. The van der Waals surface area contributed by atoms with Crippen molar-refractivity contribution in [1.82, 2.24) is 14.9 Å². The molecule has 0 spiro atoms. The highest BCUT2D eigenvalue weighted by Gasteiger charge is 2.21. The average molecular weight is 405 g/mol. The number of rotatable bonds is 4. The minimum atomic E-state index is 0.0965. The summed E-state index contributed by atoms with van der Waals surface area (Å²) in [5.41, 5.74) is 10.1. The van der Waals surface area contributed by atoms with Crippen LogP contribution in [0.25, 0.3) is 22.3 Å². The molecule has 156 valence electrons. The summed E-state index contributed by atoms with van der Waals surface area (Å²) in [4.78, 5) is 18.2. The Hall–Kier alpha value is -3.19. The number of aromatic hydroxyl groups is 1. The molecule has 3 aromatic rings. The number of nitrogens with zero attached hydrogens (tertiary/aromatic N) is 5. The van der Waals surface area contributed by atoms with Gasteiger partial charge < -0.3 is 20.6 Å². The number of aliphatic imine (C=N–C) groups is 1. The summed E-state index contributed by atoms with van der Waals surface area (Å²) in [5, 5.41) is 10.4. The van der Waals surface area contributed by atoms with E-state index in [2.05, 4.69) is 28.9 Å². The van der Waals surface area contributed by atoms with Crippen molar-refractivity contribution in [1.29, 1.82) is 0 Å². The van der Waals surface area contributed by atoms with Crippen LogP contribution in [0.4, 0.5) is 11.5 Å². The number of hydrogen-bond donors (Lipinski definition) is 2. The number of nitrogen functional groups attached to an aromatic ring is 1. The zero-order chi connectivity index (χ0) is 21.3. The summed E-state index contributed by atoms with van der Waals surface area (Å²) in [6.07, 6.45) is 3.96. The standard InChI is InChI=1S/C23H28N6O/c1-25-14-15-12-17(22(30)13-18(15)24)19-4-5-21-20(26-19)6-7-23(27-21)29(3)16-8-10-28(2)11-9-16/h4-7,12-14,16,30H,8-11,24H2,1-3H3. The molecule has 0 unspecified atom stereocenters. The maximum absolute atomic E-state index is 10.4. The average Bonchev–Trinajstić information content (AvgIpc) is 2.75. The number of nitrogens with two attached hydrogens (primary N) is 1. The Bertz CT molecular complexity index is 1090. The molecule has 0 amide bonds. The van der Waals surface area contributed by atoms with Crippen molar-refractivity contribution in [2.45, 2.75) is 18.9 Å². The smallest absolute Gasteiger partial charge is 0.129 e. The van der Waals surface area contributed by atoms with Crippen LogP contribution in [0, 0.1) is 0 Å². The Morgan fingerprint density at radius 3 is 2.57 bits per heavy atom. The van der Waals surface area contributed by atoms with Crippen LogP contribution in [0.5, 0.6) is 5.75 Å². The molecule has 0 radical (unpaired) electrons. The van der Waals surface area contributed by atoms with E-state index in [0.29, 0.717) is 23.0 Å². The second-order valence-corrected chi connectivity index (χ2v) is 7.94. The number of fused-ring (bicyclic) bond motifs is 1. The molecule has 3 heterocycles. The van der Waals surface area contributed by atoms with Crippen molar-refractivity contribution in [2.75, 3.05) is 44.9 Å². The number of phenolic OH excluding ortho intramolecular Hbond substituents is 1. The van der Waals surface area contributed by atoms with Crippen molar-refractivity contribution in [2.24, 2.45) is 4.99 Å². The first-order chi connectivity index (χ1) is 14.5. The number of benzene rings is 1. The molecule has 7 heteroatoms. The van der Waals surface area contributed by atoms with E-state index >= 15 is 0 Å². The fourth-order valence-corrected chi connectivity index (χ4v) is 3.99. The zero-order valence-corrected chi connectivity index (χ0v) is 17.7. The fourth-order valence-electron chi connectivity index (χ4n) is 3.99. The molecule has 7 nitrogen and oxygen atoms in total. The summed E-state index contributed by atoms with van der Waals surface area (Å²) in [5.74, 6) is 1.06. The van der Waals surface area contributed by atoms with Gasteiger partial charge in [-0.25, -0.2) is 9.97 Å². The minimum absolute atomic E-state index is 0.0965. The van der Waals surface area contributed by atoms with Gasteiger partial charge in [0.2, 0.25) is 0 Å². The van der Waals surface area contributed by atoms with E-state index in [1.807, 2.05) is 30.3 Å². The van der Waals surface area contributed by atoms with Gasteiger partial charge in [0.05, 0.1) is 16.7 Å². The van der Waals surface area contributed by atoms with E-state index in [4.69, 9.17) is 15.7 Å². The summed E-state index contributed by atoms with van der Waals surface area (Å²) >= 11 is 0. The van der Waals surface area contributed by atoms with Crippen molar-refractivity contribution >= 4 is 28.8 Å². The molecule has 4 rings (SSSR count). The second kappa shape index (κ2) is 8.28. The van der Waals surface area contributed by atoms with Crippen LogP contribution in [0.2, 0.25) is 0 Å². The maximum atomic E-state index is 10.4. The Morgan fingerprint density at radius 1 is 1.13 bits per heavy atom. The van der Waals surface area contributed by atoms with E-state index in [9.17, 15) is 5.11 Å². The zero-order valence-electron chi connectivity index (χ0n) is 17.7. The number of piperidine rings is 1. The summed E-state index contributed by atoms with van der Waals surface area (Å²) in [6, 6.07) is 11.7. The minimum Gasteiger partial charge on any atom is -0.507 e. The van der Waals surface area contributed by atoms with Crippen molar-refractivity contribution in [3.05, 3.63) is 42.0 Å². The topological polar surface area (TPSA) is 90.9 Å². The predicted octanol–water partition coefficient (Wildman–Crippen LogP) is 3.16. The van der Waals surface area contributed by atoms with Crippen LogP contribution in [0.3, 0.4) is 0 Å². The largest absolute Gasteiger partial charge is 0.507 e. The summed E-state index contributed by atoms with van der Waals surface area (Å²) < 4.78 is 0. The van der Waals surface area contributed by atoms with Crippen molar-refractivity contribution < 1.29 is 5.11 Å². The Balaban J connectivity index is 1.65. The molecular weight excluding hydrogens is 376 g/mol. The molecule has 0 bridgehead atoms. The van der Waals surface area contributed by atoms with E-state index in [1.54, 1.807) is 13.3 Å².